The summed E-state index contributed by atoms with van der Waals surface area (Å²) in [5.74, 6) is 0.728. The van der Waals surface area contributed by atoms with Crippen molar-refractivity contribution >= 4 is 5.91 Å². The maximum absolute atomic E-state index is 11.7. The van der Waals surface area contributed by atoms with E-state index < -0.39 is 0 Å². The van der Waals surface area contributed by atoms with Gasteiger partial charge in [0.1, 0.15) is 0 Å². The van der Waals surface area contributed by atoms with Crippen molar-refractivity contribution in [3.8, 4) is 0 Å². The molecule has 0 N–H and O–H groups in total. The summed E-state index contributed by atoms with van der Waals surface area (Å²) in [6.45, 7) is 7.07. The Hall–Kier alpha value is -0.530. The zero-order valence-corrected chi connectivity index (χ0v) is 8.34. The molecule has 1 rings (SSSR count). The second-order valence-electron chi connectivity index (χ2n) is 3.85. The summed E-state index contributed by atoms with van der Waals surface area (Å²) in [5.41, 5.74) is 0. The molecule has 0 saturated heterocycles. The second kappa shape index (κ2) is 3.92. The predicted molar refractivity (Wildman–Crippen MR) is 49.9 cm³/mol. The highest BCUT2D eigenvalue weighted by molar-refractivity contribution is 5.79. The molecule has 1 aliphatic rings. The Balaban J connectivity index is 2.46. The van der Waals surface area contributed by atoms with E-state index in [2.05, 4.69) is 20.8 Å². The van der Waals surface area contributed by atoms with Gasteiger partial charge in [-0.25, -0.2) is 0 Å². The van der Waals surface area contributed by atoms with Crippen LogP contribution in [0.5, 0.6) is 0 Å². The van der Waals surface area contributed by atoms with E-state index in [1.165, 1.54) is 6.42 Å². The molecule has 1 saturated carbocycles. The van der Waals surface area contributed by atoms with Gasteiger partial charge in [0.15, 0.2) is 0 Å². The highest BCUT2D eigenvalue weighted by Crippen LogP contribution is 2.28. The largest absolute Gasteiger partial charge is 0.340 e. The molecule has 1 aliphatic carbocycles. The van der Waals surface area contributed by atoms with Crippen LogP contribution in [-0.4, -0.2) is 23.4 Å². The van der Waals surface area contributed by atoms with E-state index in [-0.39, 0.29) is 0 Å². The number of hydrogen-bond donors (Lipinski definition) is 0. The van der Waals surface area contributed by atoms with Crippen molar-refractivity contribution in [2.24, 2.45) is 5.92 Å². The van der Waals surface area contributed by atoms with E-state index in [1.807, 2.05) is 4.90 Å². The Morgan fingerprint density at radius 2 is 2.08 bits per heavy atom. The van der Waals surface area contributed by atoms with Crippen molar-refractivity contribution in [3.05, 3.63) is 0 Å². The molecule has 0 unspecified atom stereocenters. The first-order chi connectivity index (χ1) is 5.66. The van der Waals surface area contributed by atoms with Crippen molar-refractivity contribution < 1.29 is 4.79 Å². The minimum Gasteiger partial charge on any atom is -0.340 e. The van der Waals surface area contributed by atoms with E-state index in [9.17, 15) is 4.79 Å². The molecule has 0 aromatic heterocycles. The van der Waals surface area contributed by atoms with Gasteiger partial charge in [0, 0.05) is 18.5 Å². The van der Waals surface area contributed by atoms with Crippen molar-refractivity contribution in [1.29, 1.82) is 0 Å². The number of amides is 1. The fourth-order valence-electron chi connectivity index (χ4n) is 1.67. The molecule has 70 valence electrons. The van der Waals surface area contributed by atoms with Gasteiger partial charge in [-0.2, -0.15) is 0 Å². The summed E-state index contributed by atoms with van der Waals surface area (Å²) in [6.07, 6.45) is 3.47. The molecule has 0 heterocycles. The molecular weight excluding hydrogens is 150 g/mol. The molecule has 0 aliphatic heterocycles. The van der Waals surface area contributed by atoms with Gasteiger partial charge >= 0.3 is 0 Å². The van der Waals surface area contributed by atoms with Gasteiger partial charge < -0.3 is 4.90 Å². The third kappa shape index (κ3) is 1.79. The van der Waals surface area contributed by atoms with Crippen molar-refractivity contribution in [1.82, 2.24) is 4.90 Å². The predicted octanol–water partition coefficient (Wildman–Crippen LogP) is 2.04. The Morgan fingerprint density at radius 1 is 1.50 bits per heavy atom. The molecule has 0 aromatic rings. The first kappa shape index (κ1) is 9.56. The lowest BCUT2D eigenvalue weighted by molar-refractivity contribution is -0.139. The average Bonchev–Trinajstić information content (AvgIpc) is 1.83. The van der Waals surface area contributed by atoms with Crippen LogP contribution in [0.4, 0.5) is 0 Å². The lowest BCUT2D eigenvalue weighted by Gasteiger charge is -2.33. The van der Waals surface area contributed by atoms with Crippen LogP contribution in [0.1, 0.15) is 40.0 Å². The number of nitrogens with zero attached hydrogens (tertiary/aromatic N) is 1. The Morgan fingerprint density at radius 3 is 2.33 bits per heavy atom. The summed E-state index contributed by atoms with van der Waals surface area (Å²) in [7, 11) is 0. The van der Waals surface area contributed by atoms with Crippen molar-refractivity contribution in [3.63, 3.8) is 0 Å². The lowest BCUT2D eigenvalue weighted by atomic mass is 9.84. The zero-order valence-electron chi connectivity index (χ0n) is 8.34. The van der Waals surface area contributed by atoms with Crippen LogP contribution >= 0.6 is 0 Å². The second-order valence-corrected chi connectivity index (χ2v) is 3.85. The first-order valence-electron chi connectivity index (χ1n) is 4.97. The molecule has 0 aromatic carbocycles. The van der Waals surface area contributed by atoms with E-state index in [1.54, 1.807) is 0 Å². The van der Waals surface area contributed by atoms with Crippen LogP contribution in [-0.2, 0) is 4.79 Å². The van der Waals surface area contributed by atoms with Gasteiger partial charge in [-0.3, -0.25) is 4.79 Å². The quantitative estimate of drug-likeness (QED) is 0.633. The fraction of sp³-hybridized carbons (Fsp3) is 0.900. The van der Waals surface area contributed by atoms with E-state index in [0.29, 0.717) is 17.9 Å². The maximum atomic E-state index is 11.7. The van der Waals surface area contributed by atoms with Gasteiger partial charge in [-0.05, 0) is 33.6 Å². The maximum Gasteiger partial charge on any atom is 0.225 e. The average molecular weight is 169 g/mol. The summed E-state index contributed by atoms with van der Waals surface area (Å²) >= 11 is 0. The summed E-state index contributed by atoms with van der Waals surface area (Å²) in [6, 6.07) is 0.364. The molecular formula is C10H19NO. The molecule has 0 atom stereocenters. The normalized spacial score (nSPS) is 17.7. The lowest BCUT2D eigenvalue weighted by Crippen LogP contribution is -2.42. The first-order valence-corrected chi connectivity index (χ1v) is 4.97. The number of hydrogen-bond acceptors (Lipinski definition) is 1. The molecule has 0 spiro atoms. The smallest absolute Gasteiger partial charge is 0.225 e. The van der Waals surface area contributed by atoms with Gasteiger partial charge in [0.2, 0.25) is 5.91 Å². The highest BCUT2D eigenvalue weighted by atomic mass is 16.2. The monoisotopic (exact) mass is 169 g/mol. The van der Waals surface area contributed by atoms with Crippen LogP contribution in [0.15, 0.2) is 0 Å². The third-order valence-electron chi connectivity index (χ3n) is 2.70. The standard InChI is InChI=1S/C10H19NO/c1-4-11(8(2)3)10(12)9-6-5-7-9/h8-9H,4-7H2,1-3H3. The van der Waals surface area contributed by atoms with Crippen molar-refractivity contribution in [2.45, 2.75) is 46.1 Å². The Kier molecular flexibility index (Phi) is 3.12. The summed E-state index contributed by atoms with van der Waals surface area (Å²) < 4.78 is 0. The Labute approximate surface area is 74.9 Å². The molecule has 0 bridgehead atoms. The van der Waals surface area contributed by atoms with Gasteiger partial charge in [-0.1, -0.05) is 6.42 Å². The van der Waals surface area contributed by atoms with Crippen molar-refractivity contribution in [2.75, 3.05) is 6.54 Å². The SMILES string of the molecule is CCN(C(=O)C1CCC1)C(C)C. The number of carbonyl (C=O) groups excluding carboxylic acids is 1. The number of rotatable bonds is 3. The molecule has 1 fully saturated rings. The van der Waals surface area contributed by atoms with Gasteiger partial charge in [0.05, 0.1) is 0 Å². The van der Waals surface area contributed by atoms with E-state index in [0.717, 1.165) is 19.4 Å². The highest BCUT2D eigenvalue weighted by Gasteiger charge is 2.29. The van der Waals surface area contributed by atoms with Crippen LogP contribution < -0.4 is 0 Å². The minimum absolute atomic E-state index is 0.354. The van der Waals surface area contributed by atoms with Crippen LogP contribution in [0.2, 0.25) is 0 Å². The van der Waals surface area contributed by atoms with Crippen LogP contribution in [0.25, 0.3) is 0 Å². The summed E-state index contributed by atoms with van der Waals surface area (Å²) in [4.78, 5) is 13.7. The Bertz CT molecular complexity index is 161. The van der Waals surface area contributed by atoms with Crippen LogP contribution in [0, 0.1) is 5.92 Å². The van der Waals surface area contributed by atoms with Crippen LogP contribution in [0.3, 0.4) is 0 Å². The van der Waals surface area contributed by atoms with Gasteiger partial charge in [0.25, 0.3) is 0 Å². The number of carbonyl (C=O) groups is 1. The summed E-state index contributed by atoms with van der Waals surface area (Å²) in [5, 5.41) is 0. The molecule has 2 heteroatoms. The molecule has 0 radical (unpaired) electrons. The fourth-order valence-corrected chi connectivity index (χ4v) is 1.67. The van der Waals surface area contributed by atoms with E-state index >= 15 is 0 Å². The molecule has 12 heavy (non-hydrogen) atoms. The van der Waals surface area contributed by atoms with Gasteiger partial charge in [-0.15, -0.1) is 0 Å². The van der Waals surface area contributed by atoms with E-state index in [4.69, 9.17) is 0 Å². The zero-order chi connectivity index (χ0) is 9.14. The molecule has 2 nitrogen and oxygen atoms in total. The third-order valence-corrected chi connectivity index (χ3v) is 2.70. The minimum atomic E-state index is 0.354. The molecule has 1 amide bonds. The topological polar surface area (TPSA) is 20.3 Å².